The molecule has 10 heteroatoms. The van der Waals surface area contributed by atoms with E-state index in [1.165, 1.54) is 4.31 Å². The molecule has 0 amide bonds. The van der Waals surface area contributed by atoms with Crippen molar-refractivity contribution in [2.75, 3.05) is 45.9 Å². The van der Waals surface area contributed by atoms with E-state index in [0.717, 1.165) is 36.6 Å². The average molecular weight is 538 g/mol. The van der Waals surface area contributed by atoms with E-state index in [9.17, 15) is 13.5 Å². The van der Waals surface area contributed by atoms with Crippen molar-refractivity contribution in [3.63, 3.8) is 0 Å². The second-order valence-electron chi connectivity index (χ2n) is 7.10. The fourth-order valence-electron chi connectivity index (χ4n) is 3.49. The number of aliphatic hydroxyl groups excluding tert-OH is 1. The Bertz CT molecular complexity index is 784. The fraction of sp³-hybridized carbons (Fsp3) is 0.632. The van der Waals surface area contributed by atoms with Crippen LogP contribution in [0.1, 0.15) is 24.5 Å². The number of likely N-dealkylation sites (tertiary alicyclic amines) is 1. The molecule has 1 aromatic carbocycles. The summed E-state index contributed by atoms with van der Waals surface area (Å²) in [4.78, 5) is 6.74. The quantitative estimate of drug-likeness (QED) is 0.319. The fourth-order valence-corrected chi connectivity index (χ4v) is 5.05. The summed E-state index contributed by atoms with van der Waals surface area (Å²) >= 11 is 0. The van der Waals surface area contributed by atoms with E-state index < -0.39 is 10.0 Å². The van der Waals surface area contributed by atoms with Crippen molar-refractivity contribution in [3.05, 3.63) is 35.4 Å². The molecule has 2 N–H and O–H groups in total. The SMILES string of the molecule is CCNC(=NCc1ccccc1CS(=O)(=O)N1CCOCC1)N1CC[C@@H](O)C1.I. The molecule has 0 unspecified atom stereocenters. The van der Waals surface area contributed by atoms with Crippen molar-refractivity contribution in [1.29, 1.82) is 0 Å². The Hall–Kier alpha value is -0.950. The Balaban J connectivity index is 0.00000300. The molecule has 2 aliphatic rings. The van der Waals surface area contributed by atoms with Gasteiger partial charge in [-0.2, -0.15) is 4.31 Å². The number of rotatable bonds is 6. The lowest BCUT2D eigenvalue weighted by Crippen LogP contribution is -2.41. The highest BCUT2D eigenvalue weighted by atomic mass is 127. The minimum absolute atomic E-state index is 0. The van der Waals surface area contributed by atoms with E-state index in [4.69, 9.17) is 9.73 Å². The van der Waals surface area contributed by atoms with Crippen LogP contribution in [0.3, 0.4) is 0 Å². The highest BCUT2D eigenvalue weighted by molar-refractivity contribution is 14.0. The monoisotopic (exact) mass is 538 g/mol. The van der Waals surface area contributed by atoms with Gasteiger partial charge >= 0.3 is 0 Å². The molecule has 0 spiro atoms. The van der Waals surface area contributed by atoms with Crippen molar-refractivity contribution in [2.24, 2.45) is 4.99 Å². The van der Waals surface area contributed by atoms with E-state index in [1.54, 1.807) is 0 Å². The van der Waals surface area contributed by atoms with Gasteiger partial charge in [0.15, 0.2) is 5.96 Å². The number of aliphatic hydroxyl groups is 1. The minimum atomic E-state index is -3.38. The number of hydrogen-bond donors (Lipinski definition) is 2. The molecule has 0 saturated carbocycles. The summed E-state index contributed by atoms with van der Waals surface area (Å²) < 4.78 is 32.3. The standard InChI is InChI=1S/C19H30N4O4S.HI/c1-2-20-19(22-8-7-18(24)14-22)21-13-16-5-3-4-6-17(16)15-28(25,26)23-9-11-27-12-10-23;/h3-6,18,24H,2,7-15H2,1H3,(H,20,21);1H/t18-;/m1./s1. The Morgan fingerprint density at radius 1 is 1.24 bits per heavy atom. The van der Waals surface area contributed by atoms with Crippen LogP contribution in [0.5, 0.6) is 0 Å². The average Bonchev–Trinajstić information content (AvgIpc) is 3.13. The summed E-state index contributed by atoms with van der Waals surface area (Å²) in [5, 5.41) is 13.1. The van der Waals surface area contributed by atoms with E-state index in [2.05, 4.69) is 5.32 Å². The van der Waals surface area contributed by atoms with Crippen molar-refractivity contribution in [3.8, 4) is 0 Å². The predicted molar refractivity (Wildman–Crippen MR) is 124 cm³/mol. The van der Waals surface area contributed by atoms with Gasteiger partial charge in [-0.05, 0) is 24.5 Å². The predicted octanol–water partition coefficient (Wildman–Crippen LogP) is 0.999. The minimum Gasteiger partial charge on any atom is -0.391 e. The van der Waals surface area contributed by atoms with Crippen molar-refractivity contribution >= 4 is 40.0 Å². The van der Waals surface area contributed by atoms with Gasteiger partial charge in [-0.15, -0.1) is 24.0 Å². The number of guanidine groups is 1. The van der Waals surface area contributed by atoms with Crippen LogP contribution in [0, 0.1) is 0 Å². The molecule has 2 heterocycles. The van der Waals surface area contributed by atoms with Crippen LogP contribution in [0.25, 0.3) is 0 Å². The number of halogens is 1. The van der Waals surface area contributed by atoms with Crippen molar-refractivity contribution < 1.29 is 18.3 Å². The summed E-state index contributed by atoms with van der Waals surface area (Å²) in [5.74, 6) is 0.724. The van der Waals surface area contributed by atoms with E-state index >= 15 is 0 Å². The van der Waals surface area contributed by atoms with Gasteiger partial charge < -0.3 is 20.1 Å². The molecule has 29 heavy (non-hydrogen) atoms. The van der Waals surface area contributed by atoms with Crippen LogP contribution in [-0.4, -0.2) is 80.7 Å². The van der Waals surface area contributed by atoms with Crippen LogP contribution >= 0.6 is 24.0 Å². The van der Waals surface area contributed by atoms with Gasteiger partial charge in [-0.25, -0.2) is 13.4 Å². The number of hydrogen-bond acceptors (Lipinski definition) is 5. The van der Waals surface area contributed by atoms with E-state index in [-0.39, 0.29) is 35.8 Å². The van der Waals surface area contributed by atoms with Gasteiger partial charge in [-0.1, -0.05) is 24.3 Å². The number of ether oxygens (including phenoxy) is 1. The number of β-amino-alcohol motifs (C(OH)–C–C–N with tert-alkyl or cyclic N) is 1. The third-order valence-electron chi connectivity index (χ3n) is 5.02. The Morgan fingerprint density at radius 2 is 1.93 bits per heavy atom. The largest absolute Gasteiger partial charge is 0.391 e. The van der Waals surface area contributed by atoms with Gasteiger partial charge in [0.25, 0.3) is 0 Å². The maximum Gasteiger partial charge on any atom is 0.218 e. The lowest BCUT2D eigenvalue weighted by atomic mass is 10.1. The zero-order valence-corrected chi connectivity index (χ0v) is 19.9. The number of sulfonamides is 1. The second-order valence-corrected chi connectivity index (χ2v) is 9.06. The first kappa shape index (κ1) is 24.3. The Morgan fingerprint density at radius 3 is 2.55 bits per heavy atom. The lowest BCUT2D eigenvalue weighted by Gasteiger charge is -2.26. The number of morpholine rings is 1. The van der Waals surface area contributed by atoms with Crippen LogP contribution in [0.15, 0.2) is 29.3 Å². The number of nitrogens with zero attached hydrogens (tertiary/aromatic N) is 3. The molecule has 8 nitrogen and oxygen atoms in total. The van der Waals surface area contributed by atoms with Gasteiger partial charge in [-0.3, -0.25) is 0 Å². The first-order chi connectivity index (χ1) is 13.5. The third kappa shape index (κ3) is 6.78. The van der Waals surface area contributed by atoms with Crippen LogP contribution in [0.4, 0.5) is 0 Å². The normalized spacial score (nSPS) is 21.1. The summed E-state index contributed by atoms with van der Waals surface area (Å²) in [7, 11) is -3.38. The van der Waals surface area contributed by atoms with E-state index in [0.29, 0.717) is 39.4 Å². The van der Waals surface area contributed by atoms with Crippen molar-refractivity contribution in [2.45, 2.75) is 31.7 Å². The van der Waals surface area contributed by atoms with Crippen LogP contribution in [-0.2, 0) is 27.1 Å². The van der Waals surface area contributed by atoms with Crippen LogP contribution in [0.2, 0.25) is 0 Å². The summed E-state index contributed by atoms with van der Waals surface area (Å²) in [6.45, 7) is 6.17. The topological polar surface area (TPSA) is 94.5 Å². The third-order valence-corrected chi connectivity index (χ3v) is 6.84. The smallest absolute Gasteiger partial charge is 0.218 e. The van der Waals surface area contributed by atoms with Gasteiger partial charge in [0.05, 0.1) is 31.6 Å². The molecule has 2 aliphatic heterocycles. The number of benzene rings is 1. The molecule has 0 aliphatic carbocycles. The molecule has 2 fully saturated rings. The molecule has 0 bridgehead atoms. The molecule has 1 atom stereocenters. The number of aliphatic imine (C=N–C) groups is 1. The van der Waals surface area contributed by atoms with Gasteiger partial charge in [0, 0.05) is 32.7 Å². The first-order valence-corrected chi connectivity index (χ1v) is 11.4. The summed E-state index contributed by atoms with van der Waals surface area (Å²) in [6, 6.07) is 7.55. The molecule has 0 aromatic heterocycles. The molecule has 0 radical (unpaired) electrons. The summed E-state index contributed by atoms with van der Waals surface area (Å²) in [5.41, 5.74) is 1.67. The Kier molecular flexibility index (Phi) is 9.60. The number of nitrogens with one attached hydrogen (secondary N) is 1. The second kappa shape index (κ2) is 11.4. The lowest BCUT2D eigenvalue weighted by molar-refractivity contribution is 0.0729. The first-order valence-electron chi connectivity index (χ1n) is 9.83. The maximum absolute atomic E-state index is 12.8. The molecular formula is C19H31IN4O4S. The van der Waals surface area contributed by atoms with E-state index in [1.807, 2.05) is 36.1 Å². The zero-order chi connectivity index (χ0) is 20.0. The zero-order valence-electron chi connectivity index (χ0n) is 16.8. The summed E-state index contributed by atoms with van der Waals surface area (Å²) in [6.07, 6.45) is 0.411. The Labute approximate surface area is 190 Å². The molecule has 1 aromatic rings. The van der Waals surface area contributed by atoms with Crippen molar-refractivity contribution in [1.82, 2.24) is 14.5 Å². The molecule has 2 saturated heterocycles. The van der Waals surface area contributed by atoms with Gasteiger partial charge in [0.2, 0.25) is 10.0 Å². The highest BCUT2D eigenvalue weighted by Crippen LogP contribution is 2.18. The maximum atomic E-state index is 12.8. The van der Waals surface area contributed by atoms with Crippen LogP contribution < -0.4 is 5.32 Å². The molecular weight excluding hydrogens is 507 g/mol. The highest BCUT2D eigenvalue weighted by Gasteiger charge is 2.26. The molecule has 3 rings (SSSR count). The van der Waals surface area contributed by atoms with Gasteiger partial charge in [0.1, 0.15) is 0 Å². The molecule has 164 valence electrons.